The molecule has 3 aromatic carbocycles. The van der Waals surface area contributed by atoms with Crippen molar-refractivity contribution in [1.82, 2.24) is 10.2 Å². The molecule has 1 unspecified atom stereocenters. The zero-order chi connectivity index (χ0) is 28.7. The Morgan fingerprint density at radius 2 is 1.87 bits per heavy atom. The lowest BCUT2D eigenvalue weighted by atomic mass is 9.99. The van der Waals surface area contributed by atoms with E-state index in [1.54, 1.807) is 18.0 Å². The van der Waals surface area contributed by atoms with Gasteiger partial charge < -0.3 is 20.3 Å². The minimum Gasteiger partial charge on any atom is -0.495 e. The van der Waals surface area contributed by atoms with Gasteiger partial charge in [0.2, 0.25) is 0 Å². The molecule has 0 bridgehead atoms. The summed E-state index contributed by atoms with van der Waals surface area (Å²) in [6.07, 6.45) is 0.884. The monoisotopic (exact) mass is 571 g/mol. The number of carbonyl (C=O) groups excluding carboxylic acids is 1. The van der Waals surface area contributed by atoms with E-state index in [2.05, 4.69) is 10.6 Å². The van der Waals surface area contributed by atoms with E-state index in [9.17, 15) is 13.2 Å². The van der Waals surface area contributed by atoms with Crippen molar-refractivity contribution in [3.8, 4) is 5.75 Å². The predicted molar refractivity (Wildman–Crippen MR) is 158 cm³/mol. The van der Waals surface area contributed by atoms with Crippen LogP contribution < -0.4 is 15.4 Å². The topological polar surface area (TPSA) is 87.7 Å². The van der Waals surface area contributed by atoms with Crippen LogP contribution in [-0.4, -0.2) is 40.1 Å². The van der Waals surface area contributed by atoms with Crippen LogP contribution >= 0.6 is 11.6 Å². The van der Waals surface area contributed by atoms with Crippen LogP contribution in [0.2, 0.25) is 5.02 Å². The van der Waals surface area contributed by atoms with Gasteiger partial charge in [0.25, 0.3) is 0 Å². The Morgan fingerprint density at radius 1 is 1.13 bits per heavy atom. The van der Waals surface area contributed by atoms with E-state index < -0.39 is 9.84 Å². The maximum absolute atomic E-state index is 13.2. The summed E-state index contributed by atoms with van der Waals surface area (Å²) in [5, 5.41) is 6.80. The fourth-order valence-corrected chi connectivity index (χ4v) is 6.08. The lowest BCUT2D eigenvalue weighted by molar-refractivity contribution is 0.208. The lowest BCUT2D eigenvalue weighted by Crippen LogP contribution is -2.34. The molecule has 9 heteroatoms. The van der Waals surface area contributed by atoms with Gasteiger partial charge in [0.05, 0.1) is 29.5 Å². The molecule has 0 fully saturated rings. The predicted octanol–water partition coefficient (Wildman–Crippen LogP) is 6.53. The number of benzene rings is 3. The van der Waals surface area contributed by atoms with Crippen molar-refractivity contribution >= 4 is 33.2 Å². The average molecular weight is 572 g/mol. The first-order chi connectivity index (χ1) is 18.6. The number of nitrogens with zero attached hydrogens (tertiary/aromatic N) is 1. The first-order valence-electron chi connectivity index (χ1n) is 13.1. The third-order valence-electron chi connectivity index (χ3n) is 6.95. The fourth-order valence-electron chi connectivity index (χ4n) is 4.56. The minimum atomic E-state index is -3.62. The SMILES string of the molecule is CC.COc1cc(S(=O)(=O)Cc2ccc3c(c2)CCNC3)ccc1NC(=O)N(C)C(C)c1cccc(Cl)c1C. The molecule has 2 N–H and O–H groups in total. The van der Waals surface area contributed by atoms with Gasteiger partial charge in [-0.05, 0) is 72.8 Å². The average Bonchev–Trinajstić information content (AvgIpc) is 2.94. The van der Waals surface area contributed by atoms with Gasteiger partial charge in [0.15, 0.2) is 9.84 Å². The number of rotatable bonds is 7. The number of ether oxygens (including phenoxy) is 1. The zero-order valence-electron chi connectivity index (χ0n) is 23.5. The maximum atomic E-state index is 13.2. The zero-order valence-corrected chi connectivity index (χ0v) is 25.0. The molecule has 1 atom stereocenters. The van der Waals surface area contributed by atoms with Gasteiger partial charge in [-0.1, -0.05) is 55.8 Å². The summed E-state index contributed by atoms with van der Waals surface area (Å²) in [6.45, 7) is 9.53. The second-order valence-corrected chi connectivity index (χ2v) is 11.7. The van der Waals surface area contributed by atoms with Gasteiger partial charge in [-0.25, -0.2) is 13.2 Å². The fraction of sp³-hybridized carbons (Fsp3) is 0.367. The van der Waals surface area contributed by atoms with Crippen molar-refractivity contribution in [3.05, 3.63) is 87.4 Å². The summed E-state index contributed by atoms with van der Waals surface area (Å²) in [5.41, 5.74) is 5.39. The van der Waals surface area contributed by atoms with Crippen molar-refractivity contribution in [2.75, 3.05) is 26.0 Å². The standard InChI is InChI=1S/C28H32ClN3O4S.C2H6/c1-18-24(6-5-7-25(18)29)19(2)32(3)28(33)31-26-11-10-23(15-27(26)36-4)37(34,35)17-20-8-9-22-16-30-13-12-21(22)14-20;1-2/h5-11,14-15,19,30H,12-13,16-17H2,1-4H3,(H,31,33);1-2H3. The quantitative estimate of drug-likeness (QED) is 0.337. The molecule has 0 spiro atoms. The number of sulfone groups is 1. The molecule has 0 aliphatic carbocycles. The Hall–Kier alpha value is -3.07. The van der Waals surface area contributed by atoms with Crippen LogP contribution in [0, 0.1) is 6.92 Å². The minimum absolute atomic E-state index is 0.109. The molecule has 210 valence electrons. The highest BCUT2D eigenvalue weighted by Gasteiger charge is 2.23. The molecular weight excluding hydrogens is 534 g/mol. The summed E-state index contributed by atoms with van der Waals surface area (Å²) in [7, 11) is -0.484. The molecule has 0 saturated heterocycles. The van der Waals surface area contributed by atoms with Gasteiger partial charge >= 0.3 is 6.03 Å². The summed E-state index contributed by atoms with van der Waals surface area (Å²) < 4.78 is 31.9. The third-order valence-corrected chi connectivity index (χ3v) is 9.04. The smallest absolute Gasteiger partial charge is 0.322 e. The summed E-state index contributed by atoms with van der Waals surface area (Å²) in [6, 6.07) is 15.4. The summed E-state index contributed by atoms with van der Waals surface area (Å²) in [4.78, 5) is 14.7. The number of hydrogen-bond acceptors (Lipinski definition) is 5. The van der Waals surface area contributed by atoms with E-state index >= 15 is 0 Å². The van der Waals surface area contributed by atoms with E-state index in [0.717, 1.165) is 36.2 Å². The number of urea groups is 1. The highest BCUT2D eigenvalue weighted by atomic mass is 35.5. The Morgan fingerprint density at radius 3 is 2.59 bits per heavy atom. The normalized spacial score (nSPS) is 13.4. The maximum Gasteiger partial charge on any atom is 0.322 e. The van der Waals surface area contributed by atoms with Gasteiger partial charge in [-0.3, -0.25) is 0 Å². The van der Waals surface area contributed by atoms with Gasteiger partial charge in [-0.2, -0.15) is 0 Å². The Balaban J connectivity index is 0.00000205. The van der Waals surface area contributed by atoms with Crippen molar-refractivity contribution in [3.63, 3.8) is 0 Å². The molecule has 3 aromatic rings. The van der Waals surface area contributed by atoms with E-state index in [-0.39, 0.29) is 28.5 Å². The molecule has 1 aliphatic heterocycles. The number of fused-ring (bicyclic) bond motifs is 1. The van der Waals surface area contributed by atoms with Gasteiger partial charge in [0.1, 0.15) is 5.75 Å². The highest BCUT2D eigenvalue weighted by Crippen LogP contribution is 2.31. The molecule has 0 saturated carbocycles. The highest BCUT2D eigenvalue weighted by molar-refractivity contribution is 7.90. The van der Waals surface area contributed by atoms with Gasteiger partial charge in [0, 0.05) is 24.7 Å². The van der Waals surface area contributed by atoms with Crippen LogP contribution in [0.1, 0.15) is 54.6 Å². The molecule has 39 heavy (non-hydrogen) atoms. The van der Waals surface area contributed by atoms with Crippen LogP contribution in [0.25, 0.3) is 0 Å². The molecule has 4 rings (SSSR count). The molecular formula is C30H38ClN3O4S. The number of carbonyl (C=O) groups is 1. The Labute approximate surface area is 237 Å². The molecule has 1 heterocycles. The van der Waals surface area contributed by atoms with Crippen LogP contribution in [0.5, 0.6) is 5.75 Å². The number of anilines is 1. The van der Waals surface area contributed by atoms with Crippen molar-refractivity contribution in [2.45, 2.75) is 57.4 Å². The molecule has 2 amide bonds. The van der Waals surface area contributed by atoms with E-state index in [1.165, 1.54) is 30.4 Å². The molecule has 1 aliphatic rings. The largest absolute Gasteiger partial charge is 0.495 e. The number of nitrogens with one attached hydrogen (secondary N) is 2. The van der Waals surface area contributed by atoms with Crippen LogP contribution in [-0.2, 0) is 28.6 Å². The van der Waals surface area contributed by atoms with Crippen LogP contribution in [0.4, 0.5) is 10.5 Å². The van der Waals surface area contributed by atoms with Crippen LogP contribution in [0.3, 0.4) is 0 Å². The second-order valence-electron chi connectivity index (χ2n) is 9.32. The molecule has 7 nitrogen and oxygen atoms in total. The molecule has 0 aromatic heterocycles. The Kier molecular flexibility index (Phi) is 10.4. The summed E-state index contributed by atoms with van der Waals surface area (Å²) in [5.74, 6) is 0.160. The third kappa shape index (κ3) is 7.12. The Bertz CT molecular complexity index is 1430. The number of amides is 2. The first-order valence-corrected chi connectivity index (χ1v) is 15.1. The first kappa shape index (κ1) is 30.5. The van der Waals surface area contributed by atoms with E-state index in [0.29, 0.717) is 10.7 Å². The number of hydrogen-bond donors (Lipinski definition) is 2. The van der Waals surface area contributed by atoms with Gasteiger partial charge in [-0.15, -0.1) is 0 Å². The van der Waals surface area contributed by atoms with Crippen molar-refractivity contribution in [2.24, 2.45) is 0 Å². The lowest BCUT2D eigenvalue weighted by Gasteiger charge is -2.27. The van der Waals surface area contributed by atoms with Crippen molar-refractivity contribution in [1.29, 1.82) is 0 Å². The number of halogens is 1. The molecule has 0 radical (unpaired) electrons. The second kappa shape index (κ2) is 13.3. The van der Waals surface area contributed by atoms with E-state index in [4.69, 9.17) is 16.3 Å². The van der Waals surface area contributed by atoms with Crippen molar-refractivity contribution < 1.29 is 17.9 Å². The van der Waals surface area contributed by atoms with E-state index in [1.807, 2.05) is 64.1 Å². The number of methoxy groups -OCH3 is 1. The summed E-state index contributed by atoms with van der Waals surface area (Å²) >= 11 is 6.26. The van der Waals surface area contributed by atoms with Crippen LogP contribution in [0.15, 0.2) is 59.5 Å².